The van der Waals surface area contributed by atoms with Crippen LogP contribution in [0.4, 0.5) is 18.9 Å². The summed E-state index contributed by atoms with van der Waals surface area (Å²) in [7, 11) is 1.60. The fraction of sp³-hybridized carbons (Fsp3) is 0.455. The first kappa shape index (κ1) is 12.8. The number of hydrogen-bond donors (Lipinski definition) is 1. The molecule has 0 aliphatic heterocycles. The van der Waals surface area contributed by atoms with Gasteiger partial charge in [0.2, 0.25) is 0 Å². The fourth-order valence-electron chi connectivity index (χ4n) is 1.26. The van der Waals surface area contributed by atoms with Crippen molar-refractivity contribution >= 4 is 5.69 Å². The number of unbranched alkanes of at least 4 members (excludes halogenated alkanes) is 1. The average Bonchev–Trinajstić information content (AvgIpc) is 2.28. The standard InChI is InChI=1S/C11H14F3NO/c1-16-7-3-2-6-15-9-5-4-8(12)10(13)11(9)14/h4-5,15H,2-3,6-7H2,1H3. The Labute approximate surface area is 92.4 Å². The molecule has 0 spiro atoms. The molecule has 0 saturated heterocycles. The molecule has 0 atom stereocenters. The molecule has 0 amide bonds. The van der Waals surface area contributed by atoms with Crippen molar-refractivity contribution in [2.75, 3.05) is 25.6 Å². The number of nitrogens with one attached hydrogen (secondary N) is 1. The molecule has 0 aromatic heterocycles. The molecule has 16 heavy (non-hydrogen) atoms. The first-order valence-corrected chi connectivity index (χ1v) is 5.03. The van der Waals surface area contributed by atoms with E-state index < -0.39 is 17.5 Å². The highest BCUT2D eigenvalue weighted by molar-refractivity contribution is 5.45. The van der Waals surface area contributed by atoms with E-state index in [1.54, 1.807) is 7.11 Å². The van der Waals surface area contributed by atoms with Gasteiger partial charge in [0.1, 0.15) is 0 Å². The molecule has 0 unspecified atom stereocenters. The third-order valence-corrected chi connectivity index (χ3v) is 2.13. The zero-order chi connectivity index (χ0) is 12.0. The molecule has 5 heteroatoms. The summed E-state index contributed by atoms with van der Waals surface area (Å²) in [4.78, 5) is 0. The van der Waals surface area contributed by atoms with Crippen LogP contribution >= 0.6 is 0 Å². The van der Waals surface area contributed by atoms with Gasteiger partial charge in [-0.3, -0.25) is 0 Å². The van der Waals surface area contributed by atoms with Crippen LogP contribution in [0.1, 0.15) is 12.8 Å². The van der Waals surface area contributed by atoms with Gasteiger partial charge in [-0.2, -0.15) is 0 Å². The van der Waals surface area contributed by atoms with E-state index in [9.17, 15) is 13.2 Å². The summed E-state index contributed by atoms with van der Waals surface area (Å²) in [5.41, 5.74) is -0.0173. The van der Waals surface area contributed by atoms with Gasteiger partial charge in [-0.15, -0.1) is 0 Å². The zero-order valence-electron chi connectivity index (χ0n) is 9.03. The van der Waals surface area contributed by atoms with Crippen molar-refractivity contribution in [1.82, 2.24) is 0 Å². The predicted molar refractivity (Wildman–Crippen MR) is 55.9 cm³/mol. The molecule has 0 heterocycles. The number of benzene rings is 1. The Bertz CT molecular complexity index is 344. The SMILES string of the molecule is COCCCCNc1ccc(F)c(F)c1F. The van der Waals surface area contributed by atoms with Crippen LogP contribution in [0.15, 0.2) is 12.1 Å². The molecule has 2 nitrogen and oxygen atoms in total. The number of ether oxygens (including phenoxy) is 1. The van der Waals surface area contributed by atoms with Gasteiger partial charge in [0.15, 0.2) is 17.5 Å². The molecule has 1 N–H and O–H groups in total. The zero-order valence-corrected chi connectivity index (χ0v) is 9.03. The van der Waals surface area contributed by atoms with E-state index in [4.69, 9.17) is 4.74 Å². The van der Waals surface area contributed by atoms with Crippen LogP contribution in [0.25, 0.3) is 0 Å². The van der Waals surface area contributed by atoms with Crippen LogP contribution in [0.3, 0.4) is 0 Å². The molecular formula is C11H14F3NO. The summed E-state index contributed by atoms with van der Waals surface area (Å²) in [5.74, 6) is -3.80. The minimum Gasteiger partial charge on any atom is -0.385 e. The lowest BCUT2D eigenvalue weighted by molar-refractivity contribution is 0.194. The second-order valence-corrected chi connectivity index (χ2v) is 3.35. The van der Waals surface area contributed by atoms with Gasteiger partial charge in [0.25, 0.3) is 0 Å². The summed E-state index contributed by atoms with van der Waals surface area (Å²) in [6, 6.07) is 2.08. The van der Waals surface area contributed by atoms with E-state index in [1.807, 2.05) is 0 Å². The molecule has 0 aliphatic rings. The van der Waals surface area contributed by atoms with Crippen LogP contribution in [-0.2, 0) is 4.74 Å². The topological polar surface area (TPSA) is 21.3 Å². The van der Waals surface area contributed by atoms with Crippen molar-refractivity contribution in [2.45, 2.75) is 12.8 Å². The lowest BCUT2D eigenvalue weighted by Crippen LogP contribution is -2.06. The molecule has 0 bridgehead atoms. The van der Waals surface area contributed by atoms with Gasteiger partial charge in [-0.25, -0.2) is 13.2 Å². The van der Waals surface area contributed by atoms with Crippen LogP contribution in [-0.4, -0.2) is 20.3 Å². The lowest BCUT2D eigenvalue weighted by Gasteiger charge is -2.07. The van der Waals surface area contributed by atoms with E-state index in [0.29, 0.717) is 13.2 Å². The first-order chi connectivity index (χ1) is 7.66. The fourth-order valence-corrected chi connectivity index (χ4v) is 1.26. The first-order valence-electron chi connectivity index (χ1n) is 5.03. The number of methoxy groups -OCH3 is 1. The normalized spacial score (nSPS) is 10.5. The third-order valence-electron chi connectivity index (χ3n) is 2.13. The minimum absolute atomic E-state index is 0.0173. The largest absolute Gasteiger partial charge is 0.385 e. The summed E-state index contributed by atoms with van der Waals surface area (Å²) < 4.78 is 43.4. The average molecular weight is 233 g/mol. The molecule has 1 aromatic rings. The lowest BCUT2D eigenvalue weighted by atomic mass is 10.2. The maximum absolute atomic E-state index is 13.1. The summed E-state index contributed by atoms with van der Waals surface area (Å²) in [6.07, 6.45) is 1.60. The second-order valence-electron chi connectivity index (χ2n) is 3.35. The Kier molecular flexibility index (Phi) is 5.11. The maximum atomic E-state index is 13.1. The van der Waals surface area contributed by atoms with E-state index in [-0.39, 0.29) is 5.69 Å². The van der Waals surface area contributed by atoms with E-state index in [2.05, 4.69) is 5.32 Å². The van der Waals surface area contributed by atoms with Gasteiger partial charge in [0, 0.05) is 20.3 Å². The highest BCUT2D eigenvalue weighted by atomic mass is 19.2. The van der Waals surface area contributed by atoms with Gasteiger partial charge in [-0.05, 0) is 25.0 Å². The number of halogens is 3. The molecule has 0 radical (unpaired) electrons. The van der Waals surface area contributed by atoms with Gasteiger partial charge >= 0.3 is 0 Å². The van der Waals surface area contributed by atoms with E-state index >= 15 is 0 Å². The molecule has 0 fully saturated rings. The number of anilines is 1. The number of rotatable bonds is 6. The molecular weight excluding hydrogens is 219 g/mol. The Morgan fingerprint density at radius 3 is 2.56 bits per heavy atom. The van der Waals surface area contributed by atoms with Crippen molar-refractivity contribution < 1.29 is 17.9 Å². The minimum atomic E-state index is -1.44. The quantitative estimate of drug-likeness (QED) is 0.602. The Balaban J connectivity index is 2.45. The monoisotopic (exact) mass is 233 g/mol. The van der Waals surface area contributed by atoms with Crippen LogP contribution < -0.4 is 5.32 Å². The third kappa shape index (κ3) is 3.41. The second kappa shape index (κ2) is 6.37. The van der Waals surface area contributed by atoms with Crippen molar-refractivity contribution in [3.63, 3.8) is 0 Å². The smallest absolute Gasteiger partial charge is 0.196 e. The Morgan fingerprint density at radius 2 is 1.88 bits per heavy atom. The molecule has 0 saturated carbocycles. The van der Waals surface area contributed by atoms with Gasteiger partial charge in [-0.1, -0.05) is 0 Å². The van der Waals surface area contributed by atoms with Crippen LogP contribution in [0, 0.1) is 17.5 Å². The predicted octanol–water partition coefficient (Wildman–Crippen LogP) is 2.94. The van der Waals surface area contributed by atoms with E-state index in [0.717, 1.165) is 18.9 Å². The maximum Gasteiger partial charge on any atom is 0.196 e. The summed E-state index contributed by atoms with van der Waals surface area (Å²) in [5, 5.41) is 2.70. The Morgan fingerprint density at radius 1 is 1.12 bits per heavy atom. The summed E-state index contributed by atoms with van der Waals surface area (Å²) >= 11 is 0. The van der Waals surface area contributed by atoms with Gasteiger partial charge in [0.05, 0.1) is 5.69 Å². The van der Waals surface area contributed by atoms with E-state index in [1.165, 1.54) is 6.07 Å². The highest BCUT2D eigenvalue weighted by Gasteiger charge is 2.12. The van der Waals surface area contributed by atoms with Crippen LogP contribution in [0.5, 0.6) is 0 Å². The van der Waals surface area contributed by atoms with Crippen molar-refractivity contribution in [1.29, 1.82) is 0 Å². The van der Waals surface area contributed by atoms with Crippen LogP contribution in [0.2, 0.25) is 0 Å². The summed E-state index contributed by atoms with van der Waals surface area (Å²) in [6.45, 7) is 1.12. The Hall–Kier alpha value is -1.23. The number of hydrogen-bond acceptors (Lipinski definition) is 2. The highest BCUT2D eigenvalue weighted by Crippen LogP contribution is 2.19. The van der Waals surface area contributed by atoms with Gasteiger partial charge < -0.3 is 10.1 Å². The molecule has 1 aromatic carbocycles. The molecule has 90 valence electrons. The molecule has 1 rings (SSSR count). The van der Waals surface area contributed by atoms with Crippen molar-refractivity contribution in [3.8, 4) is 0 Å². The van der Waals surface area contributed by atoms with Crippen molar-refractivity contribution in [2.24, 2.45) is 0 Å². The molecule has 0 aliphatic carbocycles. The van der Waals surface area contributed by atoms with Crippen molar-refractivity contribution in [3.05, 3.63) is 29.6 Å².